The van der Waals surface area contributed by atoms with E-state index in [1.54, 1.807) is 9.80 Å². The van der Waals surface area contributed by atoms with Gasteiger partial charge in [-0.25, -0.2) is 4.98 Å². The quantitative estimate of drug-likeness (QED) is 0.825. The van der Waals surface area contributed by atoms with Gasteiger partial charge in [0, 0.05) is 18.8 Å². The van der Waals surface area contributed by atoms with Gasteiger partial charge in [0.25, 0.3) is 11.8 Å². The lowest BCUT2D eigenvalue weighted by atomic mass is 10.1. The van der Waals surface area contributed by atoms with Gasteiger partial charge < -0.3 is 14.5 Å². The number of nitrogens with zero attached hydrogens (tertiary/aromatic N) is 3. The first-order valence-corrected chi connectivity index (χ1v) is 9.08. The number of aromatic nitrogens is 1. The molecule has 0 spiro atoms. The van der Waals surface area contributed by atoms with E-state index < -0.39 is 0 Å². The smallest absolute Gasteiger partial charge is 0.266 e. The highest BCUT2D eigenvalue weighted by atomic mass is 32.1. The number of carbonyl (C=O) groups is 2. The van der Waals surface area contributed by atoms with Crippen LogP contribution in [-0.2, 0) is 9.53 Å². The Morgan fingerprint density at radius 1 is 1.24 bits per heavy atom. The third kappa shape index (κ3) is 2.83. The van der Waals surface area contributed by atoms with E-state index in [0.717, 1.165) is 16.4 Å². The van der Waals surface area contributed by atoms with Gasteiger partial charge in [0.1, 0.15) is 11.5 Å². The molecule has 0 saturated carbocycles. The summed E-state index contributed by atoms with van der Waals surface area (Å²) in [6.45, 7) is 4.78. The van der Waals surface area contributed by atoms with Gasteiger partial charge in [-0.1, -0.05) is 18.2 Å². The molecule has 3 heterocycles. The van der Waals surface area contributed by atoms with Crippen molar-refractivity contribution in [2.24, 2.45) is 0 Å². The van der Waals surface area contributed by atoms with Gasteiger partial charge in [-0.2, -0.15) is 0 Å². The molecule has 2 aliphatic rings. The molecule has 0 radical (unpaired) electrons. The van der Waals surface area contributed by atoms with E-state index in [9.17, 15) is 9.59 Å². The number of amides is 2. The molecule has 2 aromatic rings. The number of morpholine rings is 1. The van der Waals surface area contributed by atoms with Gasteiger partial charge in [0.15, 0.2) is 0 Å². The number of hydrogen-bond donors (Lipinski definition) is 0. The minimum atomic E-state index is -0.156. The number of para-hydroxylation sites is 1. The number of carbonyl (C=O) groups excluding carboxylic acids is 2. The first-order valence-electron chi connectivity index (χ1n) is 8.26. The molecule has 2 saturated heterocycles. The molecular weight excluding hydrogens is 338 g/mol. The number of anilines is 1. The molecule has 4 rings (SSSR count). The number of benzene rings is 1. The van der Waals surface area contributed by atoms with Crippen LogP contribution in [0.4, 0.5) is 5.69 Å². The third-order valence-corrected chi connectivity index (χ3v) is 5.74. The fourth-order valence-electron chi connectivity index (χ4n) is 3.56. The lowest BCUT2D eigenvalue weighted by Crippen LogP contribution is -2.54. The number of thiazole rings is 1. The summed E-state index contributed by atoms with van der Waals surface area (Å²) in [6.07, 6.45) is -0.156. The second-order valence-electron chi connectivity index (χ2n) is 6.37. The largest absolute Gasteiger partial charge is 0.364 e. The summed E-state index contributed by atoms with van der Waals surface area (Å²) < 4.78 is 5.72. The predicted molar refractivity (Wildman–Crippen MR) is 94.9 cm³/mol. The molecule has 2 aliphatic heterocycles. The number of rotatable bonds is 2. The van der Waals surface area contributed by atoms with Crippen molar-refractivity contribution in [3.8, 4) is 0 Å². The molecule has 0 unspecified atom stereocenters. The lowest BCUT2D eigenvalue weighted by molar-refractivity contribution is -0.130. The van der Waals surface area contributed by atoms with Crippen molar-refractivity contribution in [2.75, 3.05) is 24.6 Å². The van der Waals surface area contributed by atoms with E-state index in [0.29, 0.717) is 18.0 Å². The molecule has 1 aromatic heterocycles. The molecule has 0 N–H and O–H groups in total. The number of fused-ring (bicyclic) bond motifs is 1. The molecular formula is C18H19N3O3S. The first kappa shape index (κ1) is 16.2. The van der Waals surface area contributed by atoms with E-state index in [4.69, 9.17) is 4.74 Å². The van der Waals surface area contributed by atoms with Crippen molar-refractivity contribution in [3.05, 3.63) is 45.9 Å². The SMILES string of the molecule is Cc1nc(C)c(C(=O)N2C[C@@H]3OCC(=O)N(c4ccccc4)[C@H]3C2)s1. The van der Waals surface area contributed by atoms with Gasteiger partial charge in [-0.3, -0.25) is 9.59 Å². The van der Waals surface area contributed by atoms with E-state index >= 15 is 0 Å². The fourth-order valence-corrected chi connectivity index (χ4v) is 4.45. The van der Waals surface area contributed by atoms with E-state index in [-0.39, 0.29) is 30.6 Å². The van der Waals surface area contributed by atoms with Crippen LogP contribution in [0.5, 0.6) is 0 Å². The molecule has 0 bridgehead atoms. The second kappa shape index (κ2) is 6.24. The van der Waals surface area contributed by atoms with Crippen LogP contribution in [0.3, 0.4) is 0 Å². The Hall–Kier alpha value is -2.25. The summed E-state index contributed by atoms with van der Waals surface area (Å²) in [6, 6.07) is 9.43. The Labute approximate surface area is 150 Å². The molecule has 2 fully saturated rings. The maximum Gasteiger partial charge on any atom is 0.266 e. The minimum absolute atomic E-state index is 0.0263. The van der Waals surface area contributed by atoms with Gasteiger partial charge in [-0.05, 0) is 26.0 Å². The molecule has 25 heavy (non-hydrogen) atoms. The van der Waals surface area contributed by atoms with Gasteiger partial charge in [-0.15, -0.1) is 11.3 Å². The van der Waals surface area contributed by atoms with Crippen LogP contribution in [0.15, 0.2) is 30.3 Å². The Bertz CT molecular complexity index is 820. The lowest BCUT2D eigenvalue weighted by Gasteiger charge is -2.36. The monoisotopic (exact) mass is 357 g/mol. The third-order valence-electron chi connectivity index (χ3n) is 4.68. The van der Waals surface area contributed by atoms with E-state index in [1.165, 1.54) is 11.3 Å². The first-order chi connectivity index (χ1) is 12.0. The molecule has 6 nitrogen and oxygen atoms in total. The zero-order valence-corrected chi connectivity index (χ0v) is 15.0. The maximum atomic E-state index is 12.9. The standard InChI is InChI=1S/C18H19N3O3S/c1-11-17(25-12(2)19-11)18(23)20-8-14-15(9-20)24-10-16(22)21(14)13-6-4-3-5-7-13/h3-7,14-15H,8-10H2,1-2H3/t14-,15-/m0/s1. The fraction of sp³-hybridized carbons (Fsp3) is 0.389. The summed E-state index contributed by atoms with van der Waals surface area (Å²) in [7, 11) is 0. The second-order valence-corrected chi connectivity index (χ2v) is 7.58. The number of likely N-dealkylation sites (tertiary alicyclic amines) is 1. The molecule has 0 aliphatic carbocycles. The van der Waals surface area contributed by atoms with Crippen molar-refractivity contribution in [2.45, 2.75) is 26.0 Å². The van der Waals surface area contributed by atoms with Crippen molar-refractivity contribution in [3.63, 3.8) is 0 Å². The summed E-state index contributed by atoms with van der Waals surface area (Å²) in [4.78, 5) is 33.9. The van der Waals surface area contributed by atoms with E-state index in [2.05, 4.69) is 4.98 Å². The maximum absolute atomic E-state index is 12.9. The average Bonchev–Trinajstić information content (AvgIpc) is 3.17. The van der Waals surface area contributed by atoms with Crippen LogP contribution in [0, 0.1) is 13.8 Å². The number of hydrogen-bond acceptors (Lipinski definition) is 5. The highest BCUT2D eigenvalue weighted by molar-refractivity contribution is 7.13. The Morgan fingerprint density at radius 2 is 2.00 bits per heavy atom. The number of aryl methyl sites for hydroxylation is 2. The Balaban J connectivity index is 1.60. The topological polar surface area (TPSA) is 62.7 Å². The minimum Gasteiger partial charge on any atom is -0.364 e. The molecule has 2 atom stereocenters. The molecule has 7 heteroatoms. The summed E-state index contributed by atoms with van der Waals surface area (Å²) in [5.74, 6) is -0.0897. The van der Waals surface area contributed by atoms with Crippen molar-refractivity contribution >= 4 is 28.8 Å². The van der Waals surface area contributed by atoms with Crippen molar-refractivity contribution in [1.29, 1.82) is 0 Å². The van der Waals surface area contributed by atoms with Gasteiger partial charge >= 0.3 is 0 Å². The molecule has 130 valence electrons. The van der Waals surface area contributed by atoms with Crippen LogP contribution in [0.25, 0.3) is 0 Å². The van der Waals surface area contributed by atoms with Crippen LogP contribution >= 0.6 is 11.3 Å². The summed E-state index contributed by atoms with van der Waals surface area (Å²) in [5, 5.41) is 0.884. The Kier molecular flexibility index (Phi) is 4.05. The normalized spacial score (nSPS) is 23.0. The summed E-state index contributed by atoms with van der Waals surface area (Å²) >= 11 is 1.42. The van der Waals surface area contributed by atoms with Crippen molar-refractivity contribution < 1.29 is 14.3 Å². The van der Waals surface area contributed by atoms with Gasteiger partial charge in [0.2, 0.25) is 0 Å². The number of ether oxygens (including phenoxy) is 1. The van der Waals surface area contributed by atoms with Crippen LogP contribution in [0.1, 0.15) is 20.4 Å². The van der Waals surface area contributed by atoms with Crippen molar-refractivity contribution in [1.82, 2.24) is 9.88 Å². The van der Waals surface area contributed by atoms with Crippen LogP contribution in [0.2, 0.25) is 0 Å². The molecule has 2 amide bonds. The predicted octanol–water partition coefficient (Wildman–Crippen LogP) is 2.02. The highest BCUT2D eigenvalue weighted by Crippen LogP contribution is 2.30. The summed E-state index contributed by atoms with van der Waals surface area (Å²) in [5.41, 5.74) is 1.61. The zero-order valence-electron chi connectivity index (χ0n) is 14.1. The van der Waals surface area contributed by atoms with Crippen LogP contribution < -0.4 is 4.90 Å². The van der Waals surface area contributed by atoms with E-state index in [1.807, 2.05) is 44.2 Å². The zero-order chi connectivity index (χ0) is 17.6. The Morgan fingerprint density at radius 3 is 2.68 bits per heavy atom. The van der Waals surface area contributed by atoms with Crippen LogP contribution in [-0.4, -0.2) is 53.5 Å². The molecule has 1 aromatic carbocycles. The van der Waals surface area contributed by atoms with Gasteiger partial charge in [0.05, 0.1) is 22.8 Å². The highest BCUT2D eigenvalue weighted by Gasteiger charge is 2.45. The average molecular weight is 357 g/mol.